The number of alkyl halides is 3. The van der Waals surface area contributed by atoms with Crippen LogP contribution in [0, 0.1) is 11.3 Å². The quantitative estimate of drug-likeness (QED) is 0.516. The molecule has 18 heavy (non-hydrogen) atoms. The van der Waals surface area contributed by atoms with Crippen molar-refractivity contribution in [2.45, 2.75) is 15.3 Å². The molecule has 1 aromatic carbocycles. The number of carbonyl (C=O) groups is 1. The van der Waals surface area contributed by atoms with E-state index in [0.717, 1.165) is 19.2 Å². The summed E-state index contributed by atoms with van der Waals surface area (Å²) in [4.78, 5) is 11.0. The van der Waals surface area contributed by atoms with Crippen molar-refractivity contribution in [3.05, 3.63) is 23.3 Å². The first-order chi connectivity index (χ1) is 8.28. The minimum Gasteiger partial charge on any atom is -0.465 e. The molecule has 0 aliphatic heterocycles. The number of ether oxygens (including phenoxy) is 1. The molecule has 0 spiro atoms. The smallest absolute Gasteiger partial charge is 0.446 e. The summed E-state index contributed by atoms with van der Waals surface area (Å²) in [5.41, 5.74) is -4.79. The fourth-order valence-electron chi connectivity index (χ4n) is 1.15. The number of carbonyl (C=O) groups excluding carboxylic acids is 1. The van der Waals surface area contributed by atoms with Gasteiger partial charge in [-0.1, -0.05) is 0 Å². The first-order valence-corrected chi connectivity index (χ1v) is 5.66. The Morgan fingerprint density at radius 2 is 2.11 bits per heavy atom. The minimum atomic E-state index is -4.49. The molecule has 1 rings (SSSR count). The predicted octanol–water partition coefficient (Wildman–Crippen LogP) is 3.25. The van der Waals surface area contributed by atoms with Gasteiger partial charge in [0.2, 0.25) is 0 Å². The number of nitrogens with zero attached hydrogens (tertiary/aromatic N) is 1. The van der Waals surface area contributed by atoms with Gasteiger partial charge < -0.3 is 4.74 Å². The van der Waals surface area contributed by atoms with Gasteiger partial charge in [0.1, 0.15) is 6.07 Å². The summed E-state index contributed by atoms with van der Waals surface area (Å²) >= 11 is 3.47. The van der Waals surface area contributed by atoms with Crippen LogP contribution in [0.15, 0.2) is 21.9 Å². The van der Waals surface area contributed by atoms with E-state index in [1.807, 2.05) is 0 Å². The number of nitriles is 1. The van der Waals surface area contributed by atoms with E-state index in [-0.39, 0.29) is 20.9 Å². The number of methoxy groups -OCH3 is 1. The van der Waals surface area contributed by atoms with Gasteiger partial charge in [0.25, 0.3) is 0 Å². The molecule has 0 aliphatic rings. The molecule has 0 radical (unpaired) electrons. The molecule has 0 unspecified atom stereocenters. The molecule has 0 bridgehead atoms. The van der Waals surface area contributed by atoms with Gasteiger partial charge in [0.05, 0.1) is 18.2 Å². The van der Waals surface area contributed by atoms with E-state index in [2.05, 4.69) is 17.4 Å². The van der Waals surface area contributed by atoms with Crippen LogP contribution in [0.4, 0.5) is 13.2 Å². The van der Waals surface area contributed by atoms with Crippen molar-refractivity contribution in [1.82, 2.24) is 0 Å². The summed E-state index contributed by atoms with van der Waals surface area (Å²) in [5, 5.41) is 8.80. The molecule has 0 aromatic heterocycles. The average molecular weight is 293 g/mol. The van der Waals surface area contributed by atoms with Gasteiger partial charge in [-0.15, -0.1) is 12.6 Å². The predicted molar refractivity (Wildman–Crippen MR) is 61.7 cm³/mol. The second-order valence-corrected chi connectivity index (χ2v) is 4.61. The van der Waals surface area contributed by atoms with Crippen LogP contribution in [-0.4, -0.2) is 18.6 Å². The Morgan fingerprint density at radius 1 is 1.50 bits per heavy atom. The molecular weight excluding hydrogens is 287 g/mol. The monoisotopic (exact) mass is 293 g/mol. The molecule has 1 aromatic rings. The van der Waals surface area contributed by atoms with Crippen molar-refractivity contribution < 1.29 is 22.7 Å². The molecule has 0 atom stereocenters. The zero-order valence-corrected chi connectivity index (χ0v) is 10.6. The number of esters is 1. The van der Waals surface area contributed by atoms with Crippen LogP contribution >= 0.6 is 24.4 Å². The highest BCUT2D eigenvalue weighted by Gasteiger charge is 2.31. The standard InChI is InChI=1S/C10H6F3NO2S2/c1-16-9(15)6-3-7(17)8(2-5(6)4-14)18-10(11,12)13/h2-3,17H,1H3. The Bertz CT molecular complexity index is 523. The second kappa shape index (κ2) is 5.54. The number of thioether (sulfide) groups is 1. The molecular formula is C10H6F3NO2S2. The number of halogens is 3. The van der Waals surface area contributed by atoms with Crippen molar-refractivity contribution in [2.24, 2.45) is 0 Å². The molecule has 0 saturated heterocycles. The highest BCUT2D eigenvalue weighted by Crippen LogP contribution is 2.40. The van der Waals surface area contributed by atoms with Gasteiger partial charge in [-0.3, -0.25) is 0 Å². The van der Waals surface area contributed by atoms with Crippen LogP contribution in [0.1, 0.15) is 15.9 Å². The Hall–Kier alpha value is -1.33. The van der Waals surface area contributed by atoms with Gasteiger partial charge in [-0.2, -0.15) is 18.4 Å². The number of benzene rings is 1. The maximum absolute atomic E-state index is 12.2. The lowest BCUT2D eigenvalue weighted by atomic mass is 10.1. The van der Waals surface area contributed by atoms with Crippen molar-refractivity contribution in [3.63, 3.8) is 0 Å². The van der Waals surface area contributed by atoms with Gasteiger partial charge in [0.15, 0.2) is 0 Å². The number of hydrogen-bond acceptors (Lipinski definition) is 5. The van der Waals surface area contributed by atoms with E-state index >= 15 is 0 Å². The Labute approximate surface area is 110 Å². The summed E-state index contributed by atoms with van der Waals surface area (Å²) in [6, 6.07) is 3.70. The van der Waals surface area contributed by atoms with Crippen LogP contribution in [-0.2, 0) is 4.74 Å². The van der Waals surface area contributed by atoms with Crippen molar-refractivity contribution in [2.75, 3.05) is 7.11 Å². The van der Waals surface area contributed by atoms with E-state index < -0.39 is 23.2 Å². The average Bonchev–Trinajstić information content (AvgIpc) is 2.28. The molecule has 8 heteroatoms. The lowest BCUT2D eigenvalue weighted by Crippen LogP contribution is -2.06. The largest absolute Gasteiger partial charge is 0.465 e. The molecule has 0 amide bonds. The lowest BCUT2D eigenvalue weighted by Gasteiger charge is -2.10. The molecule has 0 heterocycles. The highest BCUT2D eigenvalue weighted by molar-refractivity contribution is 8.00. The molecule has 0 N–H and O–H groups in total. The summed E-state index contributed by atoms with van der Waals surface area (Å²) in [5.74, 6) is -0.801. The number of thiol groups is 1. The third-order valence-corrected chi connectivity index (χ3v) is 3.16. The van der Waals surface area contributed by atoms with Crippen LogP contribution in [0.3, 0.4) is 0 Å². The van der Waals surface area contributed by atoms with E-state index in [1.165, 1.54) is 0 Å². The van der Waals surface area contributed by atoms with E-state index in [9.17, 15) is 18.0 Å². The maximum Gasteiger partial charge on any atom is 0.446 e. The zero-order chi connectivity index (χ0) is 13.9. The van der Waals surface area contributed by atoms with Gasteiger partial charge >= 0.3 is 11.5 Å². The SMILES string of the molecule is COC(=O)c1cc(S)c(SC(F)(F)F)cc1C#N. The van der Waals surface area contributed by atoms with Crippen LogP contribution < -0.4 is 0 Å². The lowest BCUT2D eigenvalue weighted by molar-refractivity contribution is -0.0329. The van der Waals surface area contributed by atoms with Crippen molar-refractivity contribution in [3.8, 4) is 6.07 Å². The van der Waals surface area contributed by atoms with Crippen LogP contribution in [0.5, 0.6) is 0 Å². The second-order valence-electron chi connectivity index (χ2n) is 3.02. The molecule has 0 saturated carbocycles. The first-order valence-electron chi connectivity index (χ1n) is 4.39. The van der Waals surface area contributed by atoms with Gasteiger partial charge in [0, 0.05) is 9.79 Å². The summed E-state index contributed by atoms with van der Waals surface area (Å²) < 4.78 is 41.1. The van der Waals surface area contributed by atoms with Crippen LogP contribution in [0.25, 0.3) is 0 Å². The first kappa shape index (κ1) is 14.7. The Kier molecular flexibility index (Phi) is 4.53. The Morgan fingerprint density at radius 3 is 2.56 bits per heavy atom. The molecule has 0 fully saturated rings. The molecule has 96 valence electrons. The van der Waals surface area contributed by atoms with Crippen molar-refractivity contribution >= 4 is 30.4 Å². The molecule has 3 nitrogen and oxygen atoms in total. The summed E-state index contributed by atoms with van der Waals surface area (Å²) in [6.45, 7) is 0. The van der Waals surface area contributed by atoms with E-state index in [1.54, 1.807) is 6.07 Å². The summed E-state index contributed by atoms with van der Waals surface area (Å²) in [6.07, 6.45) is 0. The Balaban J connectivity index is 3.28. The fourth-order valence-corrected chi connectivity index (χ4v) is 2.07. The number of hydrogen-bond donors (Lipinski definition) is 1. The van der Waals surface area contributed by atoms with Gasteiger partial charge in [-0.05, 0) is 23.9 Å². The minimum absolute atomic E-state index is 0.0447. The number of rotatable bonds is 2. The molecule has 0 aliphatic carbocycles. The van der Waals surface area contributed by atoms with Gasteiger partial charge in [-0.25, -0.2) is 4.79 Å². The van der Waals surface area contributed by atoms with Crippen LogP contribution in [0.2, 0.25) is 0 Å². The van der Waals surface area contributed by atoms with E-state index in [0.29, 0.717) is 0 Å². The maximum atomic E-state index is 12.2. The topological polar surface area (TPSA) is 50.1 Å². The fraction of sp³-hybridized carbons (Fsp3) is 0.200. The summed E-state index contributed by atoms with van der Waals surface area (Å²) in [7, 11) is 1.11. The third-order valence-electron chi connectivity index (χ3n) is 1.85. The third kappa shape index (κ3) is 3.58. The van der Waals surface area contributed by atoms with Crippen molar-refractivity contribution in [1.29, 1.82) is 5.26 Å². The normalized spacial score (nSPS) is 10.9. The highest BCUT2D eigenvalue weighted by atomic mass is 32.2. The van der Waals surface area contributed by atoms with E-state index in [4.69, 9.17) is 5.26 Å². The zero-order valence-electron chi connectivity index (χ0n) is 8.91.